The minimum atomic E-state index is -2.99. The molecular weight excluding hydrogens is 725 g/mol. The molecule has 56 heavy (non-hydrogen) atoms. The first-order valence-electron chi connectivity index (χ1n) is 22.8. The van der Waals surface area contributed by atoms with Crippen LogP contribution in [0.4, 0.5) is 0 Å². The molecule has 0 aromatic carbocycles. The van der Waals surface area contributed by atoms with Crippen molar-refractivity contribution in [3.8, 4) is 0 Å². The van der Waals surface area contributed by atoms with E-state index in [9.17, 15) is 28.2 Å². The van der Waals surface area contributed by atoms with Crippen LogP contribution in [0.5, 0.6) is 0 Å². The second kappa shape index (κ2) is 13.4. The summed E-state index contributed by atoms with van der Waals surface area (Å²) in [5, 5.41) is 25.0. The van der Waals surface area contributed by atoms with Crippen molar-refractivity contribution in [1.82, 2.24) is 10.2 Å². The number of sulfone groups is 1. The van der Waals surface area contributed by atoms with Gasteiger partial charge in [-0.25, -0.2) is 8.42 Å². The Balaban J connectivity index is 1.02. The molecule has 8 fully saturated rings. The van der Waals surface area contributed by atoms with E-state index < -0.39 is 33.2 Å². The normalized spacial score (nSPS) is 48.1. The minimum absolute atomic E-state index is 0.0587. The lowest BCUT2D eigenvalue weighted by atomic mass is 9.32. The van der Waals surface area contributed by atoms with E-state index in [-0.39, 0.29) is 62.7 Å². The maximum absolute atomic E-state index is 13.7. The Hall–Kier alpha value is -1.23. The Bertz CT molecular complexity index is 1680. The number of nitrogens with one attached hydrogen (secondary N) is 1. The zero-order valence-corrected chi connectivity index (χ0v) is 37.1. The van der Waals surface area contributed by atoms with Gasteiger partial charge in [-0.15, -0.1) is 0 Å². The SMILES string of the molecule is C[C@@H](O)C(CN[C@]12CCC(C3(C)CC3)[C@@H]1[C@H]1CC[C@@H]3[C@@]4(C)CC[C@H](OC(=O)[C@H]5C[C@@H](C(=O)O)C5(C)C)C(C)(C)[C@@H]4CC[C@@]3(C)[C@]1(C)CC2)N1CCS(=O)(=O)CC1. The summed E-state index contributed by atoms with van der Waals surface area (Å²) in [4.78, 5) is 27.7. The van der Waals surface area contributed by atoms with Crippen LogP contribution in [0.1, 0.15) is 146 Å². The van der Waals surface area contributed by atoms with Gasteiger partial charge in [0, 0.05) is 36.6 Å². The number of hydrogen-bond donors (Lipinski definition) is 3. The molecule has 9 nitrogen and oxygen atoms in total. The van der Waals surface area contributed by atoms with Crippen molar-refractivity contribution in [3.63, 3.8) is 0 Å². The Morgan fingerprint density at radius 2 is 1.45 bits per heavy atom. The van der Waals surface area contributed by atoms with Crippen molar-refractivity contribution in [2.24, 2.45) is 73.9 Å². The summed E-state index contributed by atoms with van der Waals surface area (Å²) in [7, 11) is -2.99. The zero-order valence-electron chi connectivity index (χ0n) is 36.3. The van der Waals surface area contributed by atoms with Gasteiger partial charge in [0.1, 0.15) is 6.10 Å². The van der Waals surface area contributed by atoms with Crippen molar-refractivity contribution in [2.45, 2.75) is 170 Å². The van der Waals surface area contributed by atoms with Crippen molar-refractivity contribution < 1.29 is 33.0 Å². The van der Waals surface area contributed by atoms with Crippen LogP contribution >= 0.6 is 0 Å². The second-order valence-electron chi connectivity index (χ2n) is 23.3. The summed E-state index contributed by atoms with van der Waals surface area (Å²) < 4.78 is 31.0. The number of carbonyl (C=O) groups excluding carboxylic acids is 1. The number of fused-ring (bicyclic) bond motifs is 7. The second-order valence-corrected chi connectivity index (χ2v) is 25.6. The number of hydrogen-bond acceptors (Lipinski definition) is 8. The summed E-state index contributed by atoms with van der Waals surface area (Å²) in [5.74, 6) is 1.54. The third-order valence-corrected chi connectivity index (χ3v) is 22.1. The molecule has 0 radical (unpaired) electrons. The van der Waals surface area contributed by atoms with Gasteiger partial charge in [0.25, 0.3) is 0 Å². The fraction of sp³-hybridized carbons (Fsp3) is 0.957. The lowest BCUT2D eigenvalue weighted by Crippen LogP contribution is -2.69. The number of esters is 1. The Labute approximate surface area is 338 Å². The molecule has 7 saturated carbocycles. The molecular formula is C46H76N2O7S. The maximum Gasteiger partial charge on any atom is 0.309 e. The van der Waals surface area contributed by atoms with Crippen molar-refractivity contribution in [3.05, 3.63) is 0 Å². The van der Waals surface area contributed by atoms with Gasteiger partial charge in [0.2, 0.25) is 0 Å². The van der Waals surface area contributed by atoms with Gasteiger partial charge in [-0.3, -0.25) is 14.5 Å². The summed E-state index contributed by atoms with van der Waals surface area (Å²) in [6.07, 6.45) is 14.1. The molecule has 0 amide bonds. The number of aliphatic hydroxyl groups excluding tert-OH is 1. The third-order valence-electron chi connectivity index (χ3n) is 20.5. The standard InChI is InChI=1S/C46H76N2O7S/c1-28(49)33(48-22-24-56(53,54)25-23-48)27-47-46-17-12-29(42(6)18-19-42)37(46)30-10-11-35-43(7)15-14-36(55-39(52)32-26-31(38(50)51)40(32,2)3)41(4,5)34(43)13-16-45(35,9)44(30,8)20-21-46/h28-37,47,49H,10-27H2,1-9H3,(H,50,51)/t28-,29?,30-,31+,32-,33?,34+,35-,36+,37-,43+,44-,45-,46+/m1/s1. The molecule has 8 aliphatic rings. The summed E-state index contributed by atoms with van der Waals surface area (Å²) in [5.41, 5.74) is 0.343. The number of carbonyl (C=O) groups is 2. The average molecular weight is 801 g/mol. The molecule has 1 aliphatic heterocycles. The van der Waals surface area contributed by atoms with Gasteiger partial charge in [-0.1, -0.05) is 55.4 Å². The van der Waals surface area contributed by atoms with Crippen molar-refractivity contribution in [2.75, 3.05) is 31.1 Å². The lowest BCUT2D eigenvalue weighted by molar-refractivity contribution is -0.250. The van der Waals surface area contributed by atoms with E-state index in [0.717, 1.165) is 19.3 Å². The molecule has 14 atom stereocenters. The number of aliphatic hydroxyl groups is 1. The number of rotatable bonds is 9. The number of carboxylic acid groups (broad SMARTS) is 1. The Morgan fingerprint density at radius 1 is 0.768 bits per heavy atom. The Morgan fingerprint density at radius 3 is 2.05 bits per heavy atom. The molecule has 2 unspecified atom stereocenters. The van der Waals surface area contributed by atoms with E-state index in [1.54, 1.807) is 0 Å². The van der Waals surface area contributed by atoms with Gasteiger partial charge < -0.3 is 20.3 Å². The molecule has 0 bridgehead atoms. The van der Waals surface area contributed by atoms with E-state index in [1.165, 1.54) is 57.8 Å². The van der Waals surface area contributed by atoms with Gasteiger partial charge in [0.05, 0.1) is 29.4 Å². The first-order valence-corrected chi connectivity index (χ1v) is 24.6. The summed E-state index contributed by atoms with van der Waals surface area (Å²) >= 11 is 0. The van der Waals surface area contributed by atoms with Gasteiger partial charge >= 0.3 is 11.9 Å². The van der Waals surface area contributed by atoms with E-state index in [2.05, 4.69) is 51.8 Å². The lowest BCUT2D eigenvalue weighted by Gasteiger charge is -2.73. The highest BCUT2D eigenvalue weighted by molar-refractivity contribution is 7.91. The molecule has 3 N–H and O–H groups in total. The van der Waals surface area contributed by atoms with Crippen LogP contribution in [-0.2, 0) is 24.2 Å². The molecule has 1 heterocycles. The first kappa shape index (κ1) is 41.5. The molecule has 0 aromatic heterocycles. The van der Waals surface area contributed by atoms with Gasteiger partial charge in [0.15, 0.2) is 9.84 Å². The van der Waals surface area contributed by atoms with Gasteiger partial charge in [-0.2, -0.15) is 0 Å². The van der Waals surface area contributed by atoms with Crippen LogP contribution in [0, 0.1) is 73.9 Å². The van der Waals surface area contributed by atoms with Crippen LogP contribution in [0.25, 0.3) is 0 Å². The highest BCUT2D eigenvalue weighted by atomic mass is 32.2. The molecule has 7 aliphatic carbocycles. The Kier molecular flexibility index (Phi) is 9.92. The smallest absolute Gasteiger partial charge is 0.309 e. The van der Waals surface area contributed by atoms with Crippen LogP contribution in [0.2, 0.25) is 0 Å². The minimum Gasteiger partial charge on any atom is -0.481 e. The third kappa shape index (κ3) is 6.06. The topological polar surface area (TPSA) is 133 Å². The van der Waals surface area contributed by atoms with E-state index >= 15 is 0 Å². The van der Waals surface area contributed by atoms with Crippen LogP contribution in [0.3, 0.4) is 0 Å². The predicted molar refractivity (Wildman–Crippen MR) is 218 cm³/mol. The van der Waals surface area contributed by atoms with Crippen molar-refractivity contribution in [1.29, 1.82) is 0 Å². The molecule has 8 rings (SSSR count). The summed E-state index contributed by atoms with van der Waals surface area (Å²) in [6.45, 7) is 22.7. The van der Waals surface area contributed by atoms with Gasteiger partial charge in [-0.05, 0) is 147 Å². The number of aliphatic carboxylic acids is 1. The van der Waals surface area contributed by atoms with E-state index in [4.69, 9.17) is 4.74 Å². The quantitative estimate of drug-likeness (QED) is 0.205. The van der Waals surface area contributed by atoms with E-state index in [1.807, 2.05) is 20.8 Å². The maximum atomic E-state index is 13.7. The fourth-order valence-corrected chi connectivity index (χ4v) is 17.6. The number of nitrogens with zero attached hydrogens (tertiary/aromatic N) is 1. The fourth-order valence-electron chi connectivity index (χ4n) is 16.4. The highest BCUT2D eigenvalue weighted by Crippen LogP contribution is 2.78. The van der Waals surface area contributed by atoms with E-state index in [0.29, 0.717) is 61.1 Å². The van der Waals surface area contributed by atoms with Crippen LogP contribution < -0.4 is 5.32 Å². The van der Waals surface area contributed by atoms with Crippen LogP contribution in [-0.4, -0.2) is 90.4 Å². The molecule has 10 heteroatoms. The predicted octanol–water partition coefficient (Wildman–Crippen LogP) is 7.35. The number of carboxylic acids is 1. The molecule has 0 aromatic rings. The highest BCUT2D eigenvalue weighted by Gasteiger charge is 2.72. The largest absolute Gasteiger partial charge is 0.481 e. The van der Waals surface area contributed by atoms with Crippen molar-refractivity contribution >= 4 is 21.8 Å². The number of ether oxygens (including phenoxy) is 1. The zero-order chi connectivity index (χ0) is 40.6. The molecule has 1 saturated heterocycles. The first-order chi connectivity index (χ1) is 26.0. The summed E-state index contributed by atoms with van der Waals surface area (Å²) in [6, 6.07) is -0.0903. The monoisotopic (exact) mass is 801 g/mol. The average Bonchev–Trinajstić information content (AvgIpc) is 3.72. The molecule has 318 valence electrons. The molecule has 0 spiro atoms. The van der Waals surface area contributed by atoms with Crippen LogP contribution in [0.15, 0.2) is 0 Å².